The molecule has 1 aliphatic rings. The molecule has 2 unspecified atom stereocenters. The van der Waals surface area contributed by atoms with Crippen LogP contribution in [0.1, 0.15) is 26.2 Å². The Morgan fingerprint density at radius 3 is 2.33 bits per heavy atom. The molecule has 0 bridgehead atoms. The highest BCUT2D eigenvalue weighted by molar-refractivity contribution is 5.69. The molecule has 1 rings (SSSR count). The summed E-state index contributed by atoms with van der Waals surface area (Å²) >= 11 is 0. The number of hydrogen-bond donors (Lipinski definition) is 0. The smallest absolute Gasteiger partial charge is 0.247 e. The van der Waals surface area contributed by atoms with E-state index in [0.29, 0.717) is 5.92 Å². The van der Waals surface area contributed by atoms with E-state index in [-0.39, 0.29) is 5.92 Å². The number of hydrogen-bond acceptors (Lipinski definition) is 1. The molecule has 0 aliphatic heterocycles. The van der Waals surface area contributed by atoms with Crippen LogP contribution in [0.3, 0.4) is 0 Å². The number of carbonyl (C=O) groups is 1. The van der Waals surface area contributed by atoms with E-state index in [2.05, 4.69) is 6.92 Å². The second kappa shape index (κ2) is 2.38. The second-order valence-electron chi connectivity index (χ2n) is 2.93. The summed E-state index contributed by atoms with van der Waals surface area (Å²) in [6.07, 6.45) is 2.70. The van der Waals surface area contributed by atoms with Crippen LogP contribution in [0.15, 0.2) is 0 Å². The van der Waals surface area contributed by atoms with Gasteiger partial charge in [0, 0.05) is 0 Å². The van der Waals surface area contributed by atoms with E-state index in [0.717, 1.165) is 19.3 Å². The van der Waals surface area contributed by atoms with Gasteiger partial charge in [0.25, 0.3) is 0 Å². The van der Waals surface area contributed by atoms with Gasteiger partial charge < -0.3 is 0 Å². The molecule has 2 atom stereocenters. The maximum absolute atomic E-state index is 10.2. The molecule has 2 nitrogen and oxygen atoms in total. The quantitative estimate of drug-likeness (QED) is 0.524. The van der Waals surface area contributed by atoms with Crippen molar-refractivity contribution < 1.29 is 9.90 Å². The van der Waals surface area contributed by atoms with Crippen molar-refractivity contribution in [3.63, 3.8) is 0 Å². The molecule has 1 saturated carbocycles. The molecular formula is C7H11O2. The lowest BCUT2D eigenvalue weighted by Gasteiger charge is -1.97. The van der Waals surface area contributed by atoms with Crippen LogP contribution in [0, 0.1) is 11.8 Å². The minimum Gasteiger partial charge on any atom is -0.247 e. The van der Waals surface area contributed by atoms with E-state index >= 15 is 0 Å². The van der Waals surface area contributed by atoms with Crippen molar-refractivity contribution in [2.45, 2.75) is 26.2 Å². The first-order chi connectivity index (χ1) is 4.20. The zero-order valence-electron chi connectivity index (χ0n) is 5.59. The molecule has 9 heavy (non-hydrogen) atoms. The SMILES string of the molecule is CC1CCC(C([O])=O)C1. The van der Waals surface area contributed by atoms with Crippen LogP contribution < -0.4 is 0 Å². The first-order valence-electron chi connectivity index (χ1n) is 3.41. The molecule has 1 radical (unpaired) electrons. The van der Waals surface area contributed by atoms with Gasteiger partial charge in [0.15, 0.2) is 0 Å². The summed E-state index contributed by atoms with van der Waals surface area (Å²) in [5.74, 6) is -0.424. The van der Waals surface area contributed by atoms with Gasteiger partial charge in [0.1, 0.15) is 0 Å². The molecule has 0 amide bonds. The zero-order valence-corrected chi connectivity index (χ0v) is 5.59. The van der Waals surface area contributed by atoms with Gasteiger partial charge in [-0.05, 0) is 25.2 Å². The molecule has 51 valence electrons. The Morgan fingerprint density at radius 1 is 1.44 bits per heavy atom. The molecule has 0 aromatic rings. The van der Waals surface area contributed by atoms with Gasteiger partial charge in [-0.25, -0.2) is 9.90 Å². The van der Waals surface area contributed by atoms with Gasteiger partial charge in [0.05, 0.1) is 5.92 Å². The topological polar surface area (TPSA) is 37.0 Å². The third-order valence-electron chi connectivity index (χ3n) is 2.03. The van der Waals surface area contributed by atoms with Gasteiger partial charge in [-0.3, -0.25) is 0 Å². The van der Waals surface area contributed by atoms with Crippen LogP contribution in [0.5, 0.6) is 0 Å². The van der Waals surface area contributed by atoms with E-state index in [1.807, 2.05) is 0 Å². The first kappa shape index (κ1) is 6.59. The van der Waals surface area contributed by atoms with E-state index in [9.17, 15) is 9.90 Å². The Hall–Kier alpha value is -0.530. The van der Waals surface area contributed by atoms with Gasteiger partial charge >= 0.3 is 5.97 Å². The Bertz CT molecular complexity index is 120. The normalized spacial score (nSPS) is 34.8. The van der Waals surface area contributed by atoms with E-state index in [1.165, 1.54) is 0 Å². The van der Waals surface area contributed by atoms with Gasteiger partial charge in [0.2, 0.25) is 0 Å². The van der Waals surface area contributed by atoms with E-state index < -0.39 is 5.97 Å². The zero-order chi connectivity index (χ0) is 6.85. The average Bonchev–Trinajstić information content (AvgIpc) is 2.14. The van der Waals surface area contributed by atoms with E-state index in [1.54, 1.807) is 0 Å². The highest BCUT2D eigenvalue weighted by atomic mass is 16.4. The molecule has 1 fully saturated rings. The molecule has 0 saturated heterocycles. The summed E-state index contributed by atoms with van der Waals surface area (Å²) in [5, 5.41) is 10.2. The fourth-order valence-electron chi connectivity index (χ4n) is 1.42. The predicted octanol–water partition coefficient (Wildman–Crippen LogP) is 1.38. The molecular weight excluding hydrogens is 116 g/mol. The standard InChI is InChI=1S/C7H11O2/c1-5-2-3-6(4-5)7(8)9/h5-6H,2-4H2,1H3. The largest absolute Gasteiger partial charge is 0.358 e. The minimum absolute atomic E-state index is 0.153. The first-order valence-corrected chi connectivity index (χ1v) is 3.41. The third-order valence-corrected chi connectivity index (χ3v) is 2.03. The highest BCUT2D eigenvalue weighted by Crippen LogP contribution is 2.30. The van der Waals surface area contributed by atoms with Crippen LogP contribution in [0.2, 0.25) is 0 Å². The van der Waals surface area contributed by atoms with Crippen molar-refractivity contribution in [3.8, 4) is 0 Å². The highest BCUT2D eigenvalue weighted by Gasteiger charge is 2.27. The fourth-order valence-corrected chi connectivity index (χ4v) is 1.42. The molecule has 0 heterocycles. The Morgan fingerprint density at radius 2 is 2.11 bits per heavy atom. The van der Waals surface area contributed by atoms with Crippen LogP contribution in [0.25, 0.3) is 0 Å². The minimum atomic E-state index is -0.862. The average molecular weight is 127 g/mol. The molecule has 0 aromatic heterocycles. The Balaban J connectivity index is 2.39. The lowest BCUT2D eigenvalue weighted by atomic mass is 10.1. The van der Waals surface area contributed by atoms with Gasteiger partial charge in [-0.1, -0.05) is 6.92 Å². The van der Waals surface area contributed by atoms with Crippen molar-refractivity contribution in [2.24, 2.45) is 11.8 Å². The summed E-state index contributed by atoms with van der Waals surface area (Å²) in [7, 11) is 0. The third kappa shape index (κ3) is 1.44. The Labute approximate surface area is 54.9 Å². The summed E-state index contributed by atoms with van der Waals surface area (Å²) in [6, 6.07) is 0. The number of rotatable bonds is 1. The molecule has 2 heteroatoms. The van der Waals surface area contributed by atoms with Gasteiger partial charge in [-0.15, -0.1) is 0 Å². The molecule has 0 N–H and O–H groups in total. The van der Waals surface area contributed by atoms with Crippen LogP contribution in [-0.2, 0) is 9.90 Å². The van der Waals surface area contributed by atoms with Crippen molar-refractivity contribution >= 4 is 5.97 Å². The van der Waals surface area contributed by atoms with Crippen LogP contribution in [-0.4, -0.2) is 5.97 Å². The van der Waals surface area contributed by atoms with Crippen molar-refractivity contribution in [1.29, 1.82) is 0 Å². The fraction of sp³-hybridized carbons (Fsp3) is 0.857. The summed E-state index contributed by atoms with van der Waals surface area (Å²) < 4.78 is 0. The van der Waals surface area contributed by atoms with Crippen LogP contribution >= 0.6 is 0 Å². The van der Waals surface area contributed by atoms with Crippen LogP contribution in [0.4, 0.5) is 0 Å². The molecule has 0 spiro atoms. The summed E-state index contributed by atoms with van der Waals surface area (Å²) in [5.41, 5.74) is 0. The Kier molecular flexibility index (Phi) is 1.74. The van der Waals surface area contributed by atoms with E-state index in [4.69, 9.17) is 0 Å². The van der Waals surface area contributed by atoms with Gasteiger partial charge in [-0.2, -0.15) is 0 Å². The lowest BCUT2D eigenvalue weighted by Crippen LogP contribution is -2.07. The van der Waals surface area contributed by atoms with Crippen molar-refractivity contribution in [1.82, 2.24) is 0 Å². The molecule has 1 aliphatic carbocycles. The molecule has 0 aromatic carbocycles. The monoisotopic (exact) mass is 127 g/mol. The number of carbonyl (C=O) groups excluding carboxylic acids is 1. The van der Waals surface area contributed by atoms with Crippen molar-refractivity contribution in [2.75, 3.05) is 0 Å². The predicted molar refractivity (Wildman–Crippen MR) is 32.2 cm³/mol. The van der Waals surface area contributed by atoms with Crippen molar-refractivity contribution in [3.05, 3.63) is 0 Å². The summed E-state index contributed by atoms with van der Waals surface area (Å²) in [4.78, 5) is 10.2. The second-order valence-corrected chi connectivity index (χ2v) is 2.93. The lowest BCUT2D eigenvalue weighted by molar-refractivity contribution is -0.147. The maximum atomic E-state index is 10.2. The summed E-state index contributed by atoms with van der Waals surface area (Å²) in [6.45, 7) is 2.09. The maximum Gasteiger partial charge on any atom is 0.358 e.